The molecular formula is C16H19ClN6O2. The number of hydrogen-bond acceptors (Lipinski definition) is 6. The van der Waals surface area contributed by atoms with Crippen molar-refractivity contribution in [1.82, 2.24) is 19.4 Å². The highest BCUT2D eigenvalue weighted by Gasteiger charge is 2.41. The van der Waals surface area contributed by atoms with E-state index in [4.69, 9.17) is 11.6 Å². The van der Waals surface area contributed by atoms with Gasteiger partial charge in [-0.25, -0.2) is 9.78 Å². The van der Waals surface area contributed by atoms with Crippen LogP contribution in [-0.2, 0) is 11.8 Å². The lowest BCUT2D eigenvalue weighted by molar-refractivity contribution is -0.118. The molecule has 0 aliphatic carbocycles. The van der Waals surface area contributed by atoms with Crippen LogP contribution >= 0.6 is 11.6 Å². The van der Waals surface area contributed by atoms with E-state index in [1.165, 1.54) is 4.57 Å². The molecule has 8 nitrogen and oxygen atoms in total. The Kier molecular flexibility index (Phi) is 3.52. The normalized spacial score (nSPS) is 23.4. The minimum atomic E-state index is -0.444. The number of nitrogens with zero attached hydrogens (tertiary/aromatic N) is 5. The van der Waals surface area contributed by atoms with Gasteiger partial charge in [-0.2, -0.15) is 4.98 Å². The zero-order valence-corrected chi connectivity index (χ0v) is 15.3. The lowest BCUT2D eigenvalue weighted by atomic mass is 10.1. The lowest BCUT2D eigenvalue weighted by Crippen LogP contribution is -2.61. The third-order valence-corrected chi connectivity index (χ3v) is 5.44. The van der Waals surface area contributed by atoms with Gasteiger partial charge in [-0.05, 0) is 20.9 Å². The SMILES string of the molecule is Cc1nc2c3c(nc(=O)n2C)N2C(C)CN(C)CC2C(=O)Nc3c1Cl. The van der Waals surface area contributed by atoms with E-state index in [0.29, 0.717) is 39.8 Å². The van der Waals surface area contributed by atoms with E-state index in [9.17, 15) is 9.59 Å². The topological polar surface area (TPSA) is 83.4 Å². The van der Waals surface area contributed by atoms with Gasteiger partial charge in [-0.15, -0.1) is 0 Å². The number of pyridine rings is 1. The van der Waals surface area contributed by atoms with E-state index in [-0.39, 0.29) is 11.9 Å². The Balaban J connectivity index is 2.13. The molecule has 132 valence electrons. The summed E-state index contributed by atoms with van der Waals surface area (Å²) < 4.78 is 1.39. The third-order valence-electron chi connectivity index (χ3n) is 4.98. The van der Waals surface area contributed by atoms with Gasteiger partial charge in [0, 0.05) is 26.2 Å². The molecule has 9 heteroatoms. The summed E-state index contributed by atoms with van der Waals surface area (Å²) in [7, 11) is 3.60. The maximum atomic E-state index is 12.9. The van der Waals surface area contributed by atoms with E-state index in [1.54, 1.807) is 14.0 Å². The fraction of sp³-hybridized carbons (Fsp3) is 0.500. The van der Waals surface area contributed by atoms with E-state index >= 15 is 0 Å². The van der Waals surface area contributed by atoms with Gasteiger partial charge >= 0.3 is 5.69 Å². The first-order valence-electron chi connectivity index (χ1n) is 8.14. The molecule has 1 N–H and O–H groups in total. The number of likely N-dealkylation sites (N-methyl/N-ethyl adjacent to an activating group) is 1. The summed E-state index contributed by atoms with van der Waals surface area (Å²) in [6, 6.07) is -0.427. The summed E-state index contributed by atoms with van der Waals surface area (Å²) in [5, 5.41) is 3.94. The molecule has 4 rings (SSSR count). The molecule has 0 bridgehead atoms. The highest BCUT2D eigenvalue weighted by atomic mass is 35.5. The number of aromatic nitrogens is 3. The van der Waals surface area contributed by atoms with E-state index < -0.39 is 11.7 Å². The van der Waals surface area contributed by atoms with Crippen LogP contribution in [-0.4, -0.2) is 57.6 Å². The van der Waals surface area contributed by atoms with Gasteiger partial charge in [0.25, 0.3) is 0 Å². The minimum Gasteiger partial charge on any atom is -0.338 e. The Morgan fingerprint density at radius 1 is 1.20 bits per heavy atom. The molecule has 0 spiro atoms. The van der Waals surface area contributed by atoms with Crippen LogP contribution in [0, 0.1) is 6.92 Å². The minimum absolute atomic E-state index is 0.0170. The highest BCUT2D eigenvalue weighted by Crippen LogP contribution is 2.40. The molecule has 0 saturated carbocycles. The van der Waals surface area contributed by atoms with Gasteiger partial charge in [0.05, 0.1) is 21.8 Å². The van der Waals surface area contributed by atoms with Crippen molar-refractivity contribution in [2.75, 3.05) is 30.4 Å². The summed E-state index contributed by atoms with van der Waals surface area (Å²) in [6.07, 6.45) is 0. The van der Waals surface area contributed by atoms with E-state index in [2.05, 4.69) is 20.2 Å². The first-order chi connectivity index (χ1) is 11.8. The lowest BCUT2D eigenvalue weighted by Gasteiger charge is -2.43. The molecular weight excluding hydrogens is 344 g/mol. The molecule has 1 saturated heterocycles. The number of carbonyl (C=O) groups excluding carboxylic acids is 1. The molecule has 4 heterocycles. The number of carbonyl (C=O) groups is 1. The van der Waals surface area contributed by atoms with Crippen molar-refractivity contribution >= 4 is 40.0 Å². The monoisotopic (exact) mass is 362 g/mol. The molecule has 25 heavy (non-hydrogen) atoms. The van der Waals surface area contributed by atoms with E-state index in [1.807, 2.05) is 18.9 Å². The van der Waals surface area contributed by atoms with Crippen molar-refractivity contribution in [3.63, 3.8) is 0 Å². The number of rotatable bonds is 0. The molecule has 2 aliphatic rings. The van der Waals surface area contributed by atoms with Crippen molar-refractivity contribution in [2.45, 2.75) is 25.9 Å². The number of aryl methyl sites for hydroxylation is 2. The predicted octanol–water partition coefficient (Wildman–Crippen LogP) is 0.751. The van der Waals surface area contributed by atoms with Crippen molar-refractivity contribution in [1.29, 1.82) is 0 Å². The van der Waals surface area contributed by atoms with Crippen molar-refractivity contribution in [2.24, 2.45) is 7.05 Å². The molecule has 2 aromatic rings. The fourth-order valence-corrected chi connectivity index (χ4v) is 4.00. The quantitative estimate of drug-likeness (QED) is 0.744. The first-order valence-corrected chi connectivity index (χ1v) is 8.52. The van der Waals surface area contributed by atoms with Crippen LogP contribution in [0.4, 0.5) is 11.5 Å². The van der Waals surface area contributed by atoms with Gasteiger partial charge in [-0.3, -0.25) is 9.36 Å². The summed E-state index contributed by atoms with van der Waals surface area (Å²) in [5.41, 5.74) is 1.11. The van der Waals surface area contributed by atoms with Gasteiger partial charge in [0.15, 0.2) is 0 Å². The standard InChI is InChI=1S/C16H19ClN6O2/c1-7-5-21(3)6-9-15(24)19-12-10-13(18-8(2)11(12)17)22(4)16(25)20-14(10)23(7)9/h7,9H,5-6H2,1-4H3,(H,19,24). The van der Waals surface area contributed by atoms with Crippen LogP contribution in [0.25, 0.3) is 11.0 Å². The largest absolute Gasteiger partial charge is 0.350 e. The molecule has 1 fully saturated rings. The maximum absolute atomic E-state index is 12.9. The average Bonchev–Trinajstić information content (AvgIpc) is 2.66. The number of hydrogen-bond donors (Lipinski definition) is 1. The Hall–Kier alpha value is -2.19. The number of anilines is 2. The Labute approximate surface area is 149 Å². The zero-order valence-electron chi connectivity index (χ0n) is 14.5. The smallest absolute Gasteiger partial charge is 0.338 e. The van der Waals surface area contributed by atoms with Gasteiger partial charge < -0.3 is 15.1 Å². The van der Waals surface area contributed by atoms with Crippen LogP contribution in [0.5, 0.6) is 0 Å². The zero-order chi connectivity index (χ0) is 18.0. The fourth-order valence-electron chi connectivity index (χ4n) is 3.81. The second-order valence-corrected chi connectivity index (χ2v) is 7.22. The van der Waals surface area contributed by atoms with Crippen LogP contribution in [0.3, 0.4) is 0 Å². The highest BCUT2D eigenvalue weighted by molar-refractivity contribution is 6.36. The molecule has 2 unspecified atom stereocenters. The summed E-state index contributed by atoms with van der Waals surface area (Å²) in [4.78, 5) is 38.1. The molecule has 1 amide bonds. The summed E-state index contributed by atoms with van der Waals surface area (Å²) in [6.45, 7) is 5.09. The number of nitrogens with one attached hydrogen (secondary N) is 1. The van der Waals surface area contributed by atoms with E-state index in [0.717, 1.165) is 6.54 Å². The second-order valence-electron chi connectivity index (χ2n) is 6.84. The number of halogens is 1. The molecule has 2 aliphatic heterocycles. The van der Waals surface area contributed by atoms with Crippen LogP contribution < -0.4 is 15.9 Å². The van der Waals surface area contributed by atoms with Gasteiger partial charge in [0.2, 0.25) is 5.91 Å². The first kappa shape index (κ1) is 16.3. The Morgan fingerprint density at radius 3 is 2.64 bits per heavy atom. The molecule has 2 atom stereocenters. The maximum Gasteiger partial charge on any atom is 0.350 e. The van der Waals surface area contributed by atoms with Crippen molar-refractivity contribution in [3.8, 4) is 0 Å². The van der Waals surface area contributed by atoms with Crippen molar-refractivity contribution in [3.05, 3.63) is 21.2 Å². The van der Waals surface area contributed by atoms with Gasteiger partial charge in [0.1, 0.15) is 17.5 Å². The van der Waals surface area contributed by atoms with Gasteiger partial charge in [-0.1, -0.05) is 11.6 Å². The number of amides is 1. The molecule has 0 aromatic carbocycles. The predicted molar refractivity (Wildman–Crippen MR) is 96.4 cm³/mol. The van der Waals surface area contributed by atoms with Crippen molar-refractivity contribution < 1.29 is 4.79 Å². The Morgan fingerprint density at radius 2 is 1.92 bits per heavy atom. The second kappa shape index (κ2) is 5.40. The number of fused-ring (bicyclic) bond motifs is 2. The average molecular weight is 363 g/mol. The summed E-state index contributed by atoms with van der Waals surface area (Å²) in [5.74, 6) is 0.326. The van der Waals surface area contributed by atoms with Crippen LogP contribution in [0.15, 0.2) is 4.79 Å². The summed E-state index contributed by atoms with van der Waals surface area (Å²) >= 11 is 6.45. The Bertz CT molecular complexity index is 971. The molecule has 0 radical (unpaired) electrons. The van der Waals surface area contributed by atoms with Crippen LogP contribution in [0.1, 0.15) is 12.6 Å². The molecule has 2 aromatic heterocycles. The third kappa shape index (κ3) is 2.24. The number of piperazine rings is 1. The van der Waals surface area contributed by atoms with Crippen LogP contribution in [0.2, 0.25) is 5.02 Å².